The Morgan fingerprint density at radius 3 is 2.88 bits per heavy atom. The zero-order valence-corrected chi connectivity index (χ0v) is 9.15. The van der Waals surface area contributed by atoms with Crippen LogP contribution in [0.3, 0.4) is 0 Å². The quantitative estimate of drug-likeness (QED) is 0.616. The first-order valence-electron chi connectivity index (χ1n) is 4.73. The molecule has 0 bridgehead atoms. The smallest absolute Gasteiger partial charge is 0.337 e. The van der Waals surface area contributed by atoms with E-state index in [1.807, 2.05) is 0 Å². The molecule has 0 unspecified atom stereocenters. The first-order chi connectivity index (χ1) is 8.00. The van der Waals surface area contributed by atoms with Gasteiger partial charge in [0.2, 0.25) is 5.91 Å². The van der Waals surface area contributed by atoms with Crippen molar-refractivity contribution in [3.8, 4) is 11.8 Å². The van der Waals surface area contributed by atoms with Crippen LogP contribution < -0.4 is 11.1 Å². The molecule has 4 N–H and O–H groups in total. The lowest BCUT2D eigenvalue weighted by Gasteiger charge is -1.99. The van der Waals surface area contributed by atoms with Crippen LogP contribution in [0.1, 0.15) is 22.8 Å². The van der Waals surface area contributed by atoms with Gasteiger partial charge < -0.3 is 16.2 Å². The molecule has 6 nitrogen and oxygen atoms in total. The molecule has 0 saturated heterocycles. The minimum Gasteiger partial charge on any atom is -0.478 e. The zero-order valence-electron chi connectivity index (χ0n) is 9.15. The number of nitrogens with zero attached hydrogens (tertiary/aromatic N) is 1. The first-order valence-corrected chi connectivity index (χ1v) is 4.73. The van der Waals surface area contributed by atoms with Gasteiger partial charge in [0.05, 0.1) is 17.7 Å². The summed E-state index contributed by atoms with van der Waals surface area (Å²) in [5, 5.41) is 11.2. The van der Waals surface area contributed by atoms with Gasteiger partial charge >= 0.3 is 5.97 Å². The molecule has 0 saturated carbocycles. The van der Waals surface area contributed by atoms with Crippen molar-refractivity contribution in [3.63, 3.8) is 0 Å². The van der Waals surface area contributed by atoms with Gasteiger partial charge in [-0.2, -0.15) is 0 Å². The lowest BCUT2D eigenvalue weighted by molar-refractivity contribution is -0.118. The fourth-order valence-electron chi connectivity index (χ4n) is 1.00. The third-order valence-electron chi connectivity index (χ3n) is 1.81. The third-order valence-corrected chi connectivity index (χ3v) is 1.81. The molecule has 0 aliphatic heterocycles. The molecule has 88 valence electrons. The molecular formula is C11H11N3O3. The Hall–Kier alpha value is -2.55. The van der Waals surface area contributed by atoms with Crippen molar-refractivity contribution < 1.29 is 14.7 Å². The van der Waals surface area contributed by atoms with Gasteiger partial charge in [0.15, 0.2) is 0 Å². The summed E-state index contributed by atoms with van der Waals surface area (Å²) in [5.41, 5.74) is 5.88. The van der Waals surface area contributed by atoms with Crippen LogP contribution in [-0.4, -0.2) is 28.5 Å². The Morgan fingerprint density at radius 2 is 2.29 bits per heavy atom. The molecule has 0 aliphatic rings. The number of hydrogen-bond acceptors (Lipinski definition) is 4. The van der Waals surface area contributed by atoms with E-state index in [0.717, 1.165) is 6.20 Å². The maximum absolute atomic E-state index is 10.7. The second-order valence-electron chi connectivity index (χ2n) is 3.17. The third kappa shape index (κ3) is 3.83. The Labute approximate surface area is 97.8 Å². The fraction of sp³-hybridized carbons (Fsp3) is 0.182. The van der Waals surface area contributed by atoms with Crippen molar-refractivity contribution in [3.05, 3.63) is 23.4 Å². The lowest BCUT2D eigenvalue weighted by Crippen LogP contribution is -2.19. The number of carbonyl (C=O) groups excluding carboxylic acids is 1. The van der Waals surface area contributed by atoms with E-state index in [2.05, 4.69) is 22.1 Å². The molecule has 0 spiro atoms. The largest absolute Gasteiger partial charge is 0.478 e. The van der Waals surface area contributed by atoms with E-state index in [9.17, 15) is 9.59 Å². The van der Waals surface area contributed by atoms with Crippen molar-refractivity contribution in [2.45, 2.75) is 6.92 Å². The number of aromatic nitrogens is 1. The number of carboxylic acid groups (broad SMARTS) is 1. The van der Waals surface area contributed by atoms with Crippen molar-refractivity contribution >= 4 is 17.7 Å². The van der Waals surface area contributed by atoms with Gasteiger partial charge in [-0.05, 0) is 6.07 Å². The Balaban J connectivity index is 2.86. The first kappa shape index (κ1) is 12.5. The number of carbonyl (C=O) groups is 2. The molecule has 1 aromatic rings. The highest BCUT2D eigenvalue weighted by atomic mass is 16.4. The van der Waals surface area contributed by atoms with Crippen molar-refractivity contribution in [2.24, 2.45) is 0 Å². The van der Waals surface area contributed by atoms with Crippen LogP contribution in [0, 0.1) is 11.8 Å². The van der Waals surface area contributed by atoms with Crippen molar-refractivity contribution in [1.29, 1.82) is 0 Å². The van der Waals surface area contributed by atoms with Crippen LogP contribution >= 0.6 is 0 Å². The number of nitrogen functional groups attached to an aromatic ring is 1. The molecule has 1 rings (SSSR count). The minimum absolute atomic E-state index is 0.0167. The Kier molecular flexibility index (Phi) is 4.06. The highest BCUT2D eigenvalue weighted by Crippen LogP contribution is 2.09. The molecule has 0 fully saturated rings. The summed E-state index contributed by atoms with van der Waals surface area (Å²) < 4.78 is 0. The predicted molar refractivity (Wildman–Crippen MR) is 61.2 cm³/mol. The molecule has 17 heavy (non-hydrogen) atoms. The molecule has 0 atom stereocenters. The number of pyridine rings is 1. The van der Waals surface area contributed by atoms with Gasteiger partial charge in [-0.1, -0.05) is 11.8 Å². The summed E-state index contributed by atoms with van der Waals surface area (Å²) in [6, 6.07) is 1.34. The summed E-state index contributed by atoms with van der Waals surface area (Å²) in [4.78, 5) is 25.0. The fourth-order valence-corrected chi connectivity index (χ4v) is 1.00. The van der Waals surface area contributed by atoms with Crippen LogP contribution in [0.4, 0.5) is 5.82 Å². The number of nitrogens with one attached hydrogen (secondary N) is 1. The molecule has 6 heteroatoms. The molecule has 0 radical (unpaired) electrons. The summed E-state index contributed by atoms with van der Waals surface area (Å²) in [5.74, 6) is 4.17. The summed E-state index contributed by atoms with van der Waals surface area (Å²) in [7, 11) is 0. The van der Waals surface area contributed by atoms with Crippen LogP contribution in [0.5, 0.6) is 0 Å². The second kappa shape index (κ2) is 5.51. The summed E-state index contributed by atoms with van der Waals surface area (Å²) in [6.07, 6.45) is 1.16. The van der Waals surface area contributed by atoms with Gasteiger partial charge in [0, 0.05) is 13.1 Å². The normalized spacial score (nSPS) is 9.00. The van der Waals surface area contributed by atoms with Crippen LogP contribution in [0.25, 0.3) is 0 Å². The lowest BCUT2D eigenvalue weighted by atomic mass is 10.2. The summed E-state index contributed by atoms with van der Waals surface area (Å²) in [6.45, 7) is 1.55. The van der Waals surface area contributed by atoms with E-state index in [4.69, 9.17) is 10.8 Å². The molecule has 1 heterocycles. The van der Waals surface area contributed by atoms with Crippen LogP contribution in [-0.2, 0) is 4.79 Å². The minimum atomic E-state index is -1.09. The number of carboxylic acids is 1. The monoisotopic (exact) mass is 233 g/mol. The van der Waals surface area contributed by atoms with E-state index >= 15 is 0 Å². The van der Waals surface area contributed by atoms with Crippen molar-refractivity contribution in [2.75, 3.05) is 12.3 Å². The SMILES string of the molecule is CC(=O)NCC#Cc1cc(C(=O)O)cnc1N. The zero-order chi connectivity index (χ0) is 12.8. The van der Waals surface area contributed by atoms with Crippen molar-refractivity contribution in [1.82, 2.24) is 10.3 Å². The number of rotatable bonds is 2. The summed E-state index contributed by atoms with van der Waals surface area (Å²) >= 11 is 0. The van der Waals surface area contributed by atoms with Gasteiger partial charge in [0.25, 0.3) is 0 Å². The van der Waals surface area contributed by atoms with E-state index < -0.39 is 5.97 Å². The topological polar surface area (TPSA) is 105 Å². The van der Waals surface area contributed by atoms with Crippen LogP contribution in [0.2, 0.25) is 0 Å². The van der Waals surface area contributed by atoms with Gasteiger partial charge in [0.1, 0.15) is 5.82 Å². The van der Waals surface area contributed by atoms with Gasteiger partial charge in [-0.25, -0.2) is 9.78 Å². The highest BCUT2D eigenvalue weighted by molar-refractivity contribution is 5.88. The van der Waals surface area contributed by atoms with Gasteiger partial charge in [-0.15, -0.1) is 0 Å². The molecule has 1 aromatic heterocycles. The van der Waals surface area contributed by atoms with Crippen LogP contribution in [0.15, 0.2) is 12.3 Å². The average Bonchev–Trinajstić information content (AvgIpc) is 2.25. The number of aromatic carboxylic acids is 1. The van der Waals surface area contributed by atoms with E-state index in [-0.39, 0.29) is 23.8 Å². The predicted octanol–water partition coefficient (Wildman–Crippen LogP) is -0.150. The standard InChI is InChI=1S/C11H11N3O3/c1-7(15)13-4-2-3-8-5-9(11(16)17)6-14-10(8)12/h5-6H,4H2,1H3,(H2,12,14)(H,13,15)(H,16,17). The molecule has 0 aliphatic carbocycles. The highest BCUT2D eigenvalue weighted by Gasteiger charge is 2.05. The Bertz CT molecular complexity index is 514. The number of amides is 1. The Morgan fingerprint density at radius 1 is 1.59 bits per heavy atom. The maximum atomic E-state index is 10.7. The average molecular weight is 233 g/mol. The maximum Gasteiger partial charge on any atom is 0.337 e. The molecule has 0 aromatic carbocycles. The number of hydrogen-bond donors (Lipinski definition) is 3. The van der Waals surface area contributed by atoms with Gasteiger partial charge in [-0.3, -0.25) is 4.79 Å². The van der Waals surface area contributed by atoms with E-state index in [1.165, 1.54) is 13.0 Å². The molecule has 1 amide bonds. The van der Waals surface area contributed by atoms with E-state index in [1.54, 1.807) is 0 Å². The number of nitrogens with two attached hydrogens (primary N) is 1. The number of anilines is 1. The van der Waals surface area contributed by atoms with E-state index in [0.29, 0.717) is 5.56 Å². The molecular weight excluding hydrogens is 222 g/mol. The second-order valence-corrected chi connectivity index (χ2v) is 3.17.